The van der Waals surface area contributed by atoms with E-state index in [1.165, 1.54) is 0 Å². The van der Waals surface area contributed by atoms with Gasteiger partial charge in [0.1, 0.15) is 5.02 Å². The zero-order valence-corrected chi connectivity index (χ0v) is 11.7. The van der Waals surface area contributed by atoms with Crippen molar-refractivity contribution in [2.24, 2.45) is 0 Å². The Kier molecular flexibility index (Phi) is 3.98. The Morgan fingerprint density at radius 1 is 1.06 bits per heavy atom. The molecule has 2 unspecified atom stereocenters. The molecule has 0 bridgehead atoms. The molecule has 94 valence electrons. The molecule has 1 aliphatic rings. The highest BCUT2D eigenvalue weighted by molar-refractivity contribution is 6.46. The lowest BCUT2D eigenvalue weighted by Gasteiger charge is -2.35. The molecular formula is C10H12Cl3N3O. The number of hydrogen-bond acceptors (Lipinski definition) is 4. The van der Waals surface area contributed by atoms with Crippen molar-refractivity contribution in [2.75, 3.05) is 18.0 Å². The van der Waals surface area contributed by atoms with Crippen molar-refractivity contribution >= 4 is 40.8 Å². The van der Waals surface area contributed by atoms with Gasteiger partial charge in [-0.15, -0.1) is 0 Å². The van der Waals surface area contributed by atoms with E-state index >= 15 is 0 Å². The van der Waals surface area contributed by atoms with Gasteiger partial charge in [-0.2, -0.15) is 9.97 Å². The number of anilines is 1. The van der Waals surface area contributed by atoms with E-state index in [0.717, 1.165) is 0 Å². The highest BCUT2D eigenvalue weighted by Crippen LogP contribution is 2.29. The highest BCUT2D eigenvalue weighted by Gasteiger charge is 2.25. The number of hydrogen-bond donors (Lipinski definition) is 0. The maximum Gasteiger partial charge on any atom is 0.228 e. The van der Waals surface area contributed by atoms with Gasteiger partial charge in [0.2, 0.25) is 5.95 Å². The first-order valence-electron chi connectivity index (χ1n) is 5.26. The topological polar surface area (TPSA) is 38.2 Å². The molecule has 4 nitrogen and oxygen atoms in total. The SMILES string of the molecule is CC1CN(c2nc(Cl)c(Cl)c(Cl)n2)CC(C)O1. The first-order chi connectivity index (χ1) is 7.97. The molecule has 2 heterocycles. The van der Waals surface area contributed by atoms with Crippen LogP contribution >= 0.6 is 34.8 Å². The fourth-order valence-corrected chi connectivity index (χ4v) is 2.33. The van der Waals surface area contributed by atoms with Crippen molar-refractivity contribution in [3.05, 3.63) is 15.3 Å². The first-order valence-corrected chi connectivity index (χ1v) is 6.39. The van der Waals surface area contributed by atoms with E-state index in [9.17, 15) is 0 Å². The predicted molar refractivity (Wildman–Crippen MR) is 69.3 cm³/mol. The molecule has 1 aromatic heterocycles. The quantitative estimate of drug-likeness (QED) is 0.747. The predicted octanol–water partition coefficient (Wildman–Crippen LogP) is 3.05. The number of ether oxygens (including phenoxy) is 1. The van der Waals surface area contributed by atoms with Crippen LogP contribution in [0, 0.1) is 0 Å². The minimum absolute atomic E-state index is 0.121. The zero-order valence-electron chi connectivity index (χ0n) is 9.45. The van der Waals surface area contributed by atoms with Gasteiger partial charge in [-0.3, -0.25) is 0 Å². The summed E-state index contributed by atoms with van der Waals surface area (Å²) in [6.45, 7) is 5.42. The molecule has 1 aliphatic heterocycles. The molecule has 1 fully saturated rings. The van der Waals surface area contributed by atoms with E-state index < -0.39 is 0 Å². The van der Waals surface area contributed by atoms with E-state index in [1.54, 1.807) is 0 Å². The van der Waals surface area contributed by atoms with Gasteiger partial charge >= 0.3 is 0 Å². The van der Waals surface area contributed by atoms with E-state index in [0.29, 0.717) is 19.0 Å². The van der Waals surface area contributed by atoms with Crippen LogP contribution in [-0.4, -0.2) is 35.3 Å². The molecule has 0 aliphatic carbocycles. The summed E-state index contributed by atoms with van der Waals surface area (Å²) in [5.41, 5.74) is 0. The summed E-state index contributed by atoms with van der Waals surface area (Å²) in [7, 11) is 0. The second-order valence-corrected chi connectivity index (χ2v) is 5.18. The van der Waals surface area contributed by atoms with E-state index in [4.69, 9.17) is 39.5 Å². The van der Waals surface area contributed by atoms with Crippen molar-refractivity contribution in [3.8, 4) is 0 Å². The monoisotopic (exact) mass is 295 g/mol. The Morgan fingerprint density at radius 3 is 2.00 bits per heavy atom. The smallest absolute Gasteiger partial charge is 0.228 e. The molecule has 0 radical (unpaired) electrons. The van der Waals surface area contributed by atoms with Crippen LogP contribution in [0.5, 0.6) is 0 Å². The van der Waals surface area contributed by atoms with Crippen LogP contribution in [0.4, 0.5) is 5.95 Å². The summed E-state index contributed by atoms with van der Waals surface area (Å²) in [6.07, 6.45) is 0.242. The van der Waals surface area contributed by atoms with Crippen molar-refractivity contribution in [2.45, 2.75) is 26.1 Å². The highest BCUT2D eigenvalue weighted by atomic mass is 35.5. The second-order valence-electron chi connectivity index (χ2n) is 4.08. The third-order valence-electron chi connectivity index (χ3n) is 2.46. The molecule has 0 amide bonds. The molecular weight excluding hydrogens is 284 g/mol. The maximum absolute atomic E-state index is 5.89. The number of nitrogens with zero attached hydrogens (tertiary/aromatic N) is 3. The third-order valence-corrected chi connectivity index (χ3v) is 3.56. The lowest BCUT2D eigenvalue weighted by Crippen LogP contribution is -2.46. The molecule has 2 atom stereocenters. The van der Waals surface area contributed by atoms with E-state index in [2.05, 4.69) is 9.97 Å². The Bertz CT molecular complexity index is 396. The fourth-order valence-electron chi connectivity index (χ4n) is 1.87. The lowest BCUT2D eigenvalue weighted by atomic mass is 10.2. The van der Waals surface area contributed by atoms with E-state index in [-0.39, 0.29) is 27.5 Å². The Labute approximate surface area is 115 Å². The van der Waals surface area contributed by atoms with Gasteiger partial charge in [0.15, 0.2) is 10.3 Å². The molecule has 0 N–H and O–H groups in total. The van der Waals surface area contributed by atoms with Crippen LogP contribution in [0.15, 0.2) is 0 Å². The molecule has 2 rings (SSSR count). The lowest BCUT2D eigenvalue weighted by molar-refractivity contribution is -0.00571. The van der Waals surface area contributed by atoms with Crippen molar-refractivity contribution in [1.29, 1.82) is 0 Å². The van der Waals surface area contributed by atoms with Crippen LogP contribution in [0.1, 0.15) is 13.8 Å². The van der Waals surface area contributed by atoms with Crippen LogP contribution < -0.4 is 4.90 Å². The second kappa shape index (κ2) is 5.14. The summed E-state index contributed by atoms with van der Waals surface area (Å²) in [4.78, 5) is 10.3. The van der Waals surface area contributed by atoms with Crippen LogP contribution in [-0.2, 0) is 4.74 Å². The number of aromatic nitrogens is 2. The summed E-state index contributed by atoms with van der Waals surface area (Å²) in [5, 5.41) is 0.536. The van der Waals surface area contributed by atoms with Crippen LogP contribution in [0.2, 0.25) is 15.3 Å². The standard InChI is InChI=1S/C10H12Cl3N3O/c1-5-3-16(4-6(2)17-5)10-14-8(12)7(11)9(13)15-10/h5-6H,3-4H2,1-2H3. The Hall–Kier alpha value is -0.290. The maximum atomic E-state index is 5.89. The van der Waals surface area contributed by atoms with Gasteiger partial charge in [-0.05, 0) is 13.8 Å². The zero-order chi connectivity index (χ0) is 12.6. The van der Waals surface area contributed by atoms with Gasteiger partial charge in [0, 0.05) is 13.1 Å². The average Bonchev–Trinajstić information content (AvgIpc) is 2.23. The minimum atomic E-state index is 0.121. The molecule has 1 saturated heterocycles. The third kappa shape index (κ3) is 2.94. The van der Waals surface area contributed by atoms with Gasteiger partial charge in [0.25, 0.3) is 0 Å². The average molecular weight is 297 g/mol. The molecule has 7 heteroatoms. The van der Waals surface area contributed by atoms with Crippen LogP contribution in [0.3, 0.4) is 0 Å². The van der Waals surface area contributed by atoms with Crippen LogP contribution in [0.25, 0.3) is 0 Å². The summed E-state index contributed by atoms with van der Waals surface area (Å²) >= 11 is 17.6. The van der Waals surface area contributed by atoms with Gasteiger partial charge in [-0.25, -0.2) is 0 Å². The van der Waals surface area contributed by atoms with E-state index in [1.807, 2.05) is 18.7 Å². The van der Waals surface area contributed by atoms with Gasteiger partial charge < -0.3 is 9.64 Å². The van der Waals surface area contributed by atoms with Gasteiger partial charge in [-0.1, -0.05) is 34.8 Å². The largest absolute Gasteiger partial charge is 0.372 e. The number of rotatable bonds is 1. The fraction of sp³-hybridized carbons (Fsp3) is 0.600. The summed E-state index contributed by atoms with van der Waals surface area (Å²) < 4.78 is 5.63. The molecule has 0 spiro atoms. The number of halogens is 3. The first kappa shape index (κ1) is 13.1. The minimum Gasteiger partial charge on any atom is -0.372 e. The molecule has 0 aromatic carbocycles. The molecule has 1 aromatic rings. The Morgan fingerprint density at radius 2 is 1.53 bits per heavy atom. The van der Waals surface area contributed by atoms with Crippen molar-refractivity contribution < 1.29 is 4.74 Å². The molecule has 17 heavy (non-hydrogen) atoms. The van der Waals surface area contributed by atoms with Crippen molar-refractivity contribution in [1.82, 2.24) is 9.97 Å². The molecule has 0 saturated carbocycles. The van der Waals surface area contributed by atoms with Gasteiger partial charge in [0.05, 0.1) is 12.2 Å². The normalized spacial score (nSPS) is 25.1. The summed E-state index contributed by atoms with van der Waals surface area (Å²) in [5.74, 6) is 0.492. The number of morpholine rings is 1. The van der Waals surface area contributed by atoms with Crippen molar-refractivity contribution in [3.63, 3.8) is 0 Å². The Balaban J connectivity index is 2.27. The summed E-state index contributed by atoms with van der Waals surface area (Å²) in [6, 6.07) is 0.